The van der Waals surface area contributed by atoms with Crippen molar-refractivity contribution in [2.45, 2.75) is 32.3 Å². The Balaban J connectivity index is 1.86. The number of aliphatic hydroxyl groups is 1. The highest BCUT2D eigenvalue weighted by molar-refractivity contribution is 5.94. The predicted molar refractivity (Wildman–Crippen MR) is 56.9 cm³/mol. The van der Waals surface area contributed by atoms with Crippen LogP contribution in [0.4, 0.5) is 0 Å². The van der Waals surface area contributed by atoms with E-state index in [9.17, 15) is 9.90 Å². The quantitative estimate of drug-likeness (QED) is 0.799. The van der Waals surface area contributed by atoms with Gasteiger partial charge >= 0.3 is 0 Å². The number of nitrogens with one attached hydrogen (secondary N) is 1. The third-order valence-electron chi connectivity index (χ3n) is 3.14. The monoisotopic (exact) mass is 224 g/mol. The van der Waals surface area contributed by atoms with Crippen LogP contribution in [0.5, 0.6) is 0 Å². The number of carbonyl (C=O) groups excluding carboxylic acids is 1. The van der Waals surface area contributed by atoms with Gasteiger partial charge in [0.05, 0.1) is 12.3 Å². The summed E-state index contributed by atoms with van der Waals surface area (Å²) in [7, 11) is 0. The third kappa shape index (κ3) is 2.24. The topological polar surface area (TPSA) is 75.4 Å². The molecular weight excluding hydrogens is 208 g/mol. The number of hydrogen-bond donors (Lipinski definition) is 2. The highest BCUT2D eigenvalue weighted by atomic mass is 16.5. The lowest BCUT2D eigenvalue weighted by molar-refractivity contribution is 0.0915. The molecular formula is C11H16N2O3. The Hall–Kier alpha value is -1.36. The van der Waals surface area contributed by atoms with Gasteiger partial charge in [-0.2, -0.15) is 0 Å². The fraction of sp³-hybridized carbons (Fsp3) is 0.636. The molecule has 0 aliphatic heterocycles. The van der Waals surface area contributed by atoms with Gasteiger partial charge in [0, 0.05) is 12.5 Å². The molecule has 5 nitrogen and oxygen atoms in total. The van der Waals surface area contributed by atoms with Crippen LogP contribution in [0, 0.1) is 12.8 Å². The standard InChI is InChI=1S/C11H16N2O3/c1-7-9(6-13-16-7)11(15)12-5-8-3-2-4-10(8)14/h6,8,10,14H,2-5H2,1H3,(H,12,15). The van der Waals surface area contributed by atoms with Crippen LogP contribution < -0.4 is 5.32 Å². The minimum absolute atomic E-state index is 0.183. The van der Waals surface area contributed by atoms with E-state index < -0.39 is 0 Å². The molecule has 1 heterocycles. The minimum Gasteiger partial charge on any atom is -0.393 e. The molecule has 16 heavy (non-hydrogen) atoms. The molecule has 1 fully saturated rings. The van der Waals surface area contributed by atoms with Crippen LogP contribution in [-0.4, -0.2) is 28.8 Å². The molecule has 0 radical (unpaired) electrons. The van der Waals surface area contributed by atoms with Gasteiger partial charge in [-0.05, 0) is 19.8 Å². The SMILES string of the molecule is Cc1oncc1C(=O)NCC1CCCC1O. The van der Waals surface area contributed by atoms with Crippen LogP contribution in [0.3, 0.4) is 0 Å². The summed E-state index contributed by atoms with van der Waals surface area (Å²) in [6, 6.07) is 0. The Bertz CT molecular complexity index is 375. The van der Waals surface area contributed by atoms with Crippen LogP contribution in [0.2, 0.25) is 0 Å². The molecule has 2 N–H and O–H groups in total. The van der Waals surface area contributed by atoms with E-state index in [4.69, 9.17) is 4.52 Å². The maximum absolute atomic E-state index is 11.7. The summed E-state index contributed by atoms with van der Waals surface area (Å²) in [5, 5.41) is 16.0. The molecule has 1 aliphatic carbocycles. The number of aliphatic hydroxyl groups excluding tert-OH is 1. The van der Waals surface area contributed by atoms with Gasteiger partial charge in [0.2, 0.25) is 0 Å². The molecule has 1 aromatic rings. The summed E-state index contributed by atoms with van der Waals surface area (Å²) in [5.41, 5.74) is 0.465. The molecule has 2 unspecified atom stereocenters. The summed E-state index contributed by atoms with van der Waals surface area (Å²) in [4.78, 5) is 11.7. The zero-order valence-corrected chi connectivity index (χ0v) is 9.27. The maximum atomic E-state index is 11.7. The number of amides is 1. The Morgan fingerprint density at radius 3 is 3.06 bits per heavy atom. The van der Waals surface area contributed by atoms with Gasteiger partial charge in [0.15, 0.2) is 0 Å². The maximum Gasteiger partial charge on any atom is 0.256 e. The van der Waals surface area contributed by atoms with E-state index in [1.165, 1.54) is 6.20 Å². The highest BCUT2D eigenvalue weighted by Crippen LogP contribution is 2.24. The molecule has 1 aliphatic rings. The molecule has 1 saturated carbocycles. The van der Waals surface area contributed by atoms with Crippen molar-refractivity contribution in [2.24, 2.45) is 5.92 Å². The average molecular weight is 224 g/mol. The zero-order valence-electron chi connectivity index (χ0n) is 9.27. The number of aromatic nitrogens is 1. The van der Waals surface area contributed by atoms with Crippen LogP contribution in [0.25, 0.3) is 0 Å². The molecule has 1 aromatic heterocycles. The molecule has 0 bridgehead atoms. The zero-order chi connectivity index (χ0) is 11.5. The van der Waals surface area contributed by atoms with E-state index >= 15 is 0 Å². The first-order chi connectivity index (χ1) is 7.68. The lowest BCUT2D eigenvalue weighted by atomic mass is 10.1. The first-order valence-corrected chi connectivity index (χ1v) is 5.56. The van der Waals surface area contributed by atoms with Gasteiger partial charge in [-0.3, -0.25) is 4.79 Å². The molecule has 2 rings (SSSR count). The first-order valence-electron chi connectivity index (χ1n) is 5.56. The molecule has 5 heteroatoms. The fourth-order valence-corrected chi connectivity index (χ4v) is 2.09. The number of rotatable bonds is 3. The Morgan fingerprint density at radius 1 is 1.69 bits per heavy atom. The molecule has 2 atom stereocenters. The van der Waals surface area contributed by atoms with Crippen molar-refractivity contribution in [3.63, 3.8) is 0 Å². The third-order valence-corrected chi connectivity index (χ3v) is 3.14. The number of aryl methyl sites for hydroxylation is 1. The van der Waals surface area contributed by atoms with Gasteiger partial charge in [-0.1, -0.05) is 11.6 Å². The summed E-state index contributed by atoms with van der Waals surface area (Å²) in [5.74, 6) is 0.520. The first kappa shape index (κ1) is 11.1. The summed E-state index contributed by atoms with van der Waals surface area (Å²) in [6.45, 7) is 2.22. The minimum atomic E-state index is -0.274. The van der Waals surface area contributed by atoms with E-state index in [1.54, 1.807) is 6.92 Å². The predicted octanol–water partition coefficient (Wildman–Crippen LogP) is 0.874. The lowest BCUT2D eigenvalue weighted by Gasteiger charge is -2.14. The largest absolute Gasteiger partial charge is 0.393 e. The van der Waals surface area contributed by atoms with Gasteiger partial charge in [-0.25, -0.2) is 0 Å². The van der Waals surface area contributed by atoms with Gasteiger partial charge in [0.25, 0.3) is 5.91 Å². The van der Waals surface area contributed by atoms with Crippen LogP contribution in [-0.2, 0) is 0 Å². The van der Waals surface area contributed by atoms with Crippen molar-refractivity contribution in [3.05, 3.63) is 17.5 Å². The van der Waals surface area contributed by atoms with Crippen molar-refractivity contribution >= 4 is 5.91 Å². The Morgan fingerprint density at radius 2 is 2.50 bits per heavy atom. The van der Waals surface area contributed by atoms with Gasteiger partial charge < -0.3 is 14.9 Å². The molecule has 0 aromatic carbocycles. The van der Waals surface area contributed by atoms with Gasteiger partial charge in [-0.15, -0.1) is 0 Å². The van der Waals surface area contributed by atoms with E-state index in [0.29, 0.717) is 17.9 Å². The van der Waals surface area contributed by atoms with Crippen LogP contribution in [0.1, 0.15) is 35.4 Å². The fourth-order valence-electron chi connectivity index (χ4n) is 2.09. The molecule has 0 saturated heterocycles. The smallest absolute Gasteiger partial charge is 0.256 e. The van der Waals surface area contributed by atoms with Gasteiger partial charge in [0.1, 0.15) is 11.3 Å². The van der Waals surface area contributed by atoms with Crippen molar-refractivity contribution in [1.82, 2.24) is 10.5 Å². The molecule has 1 amide bonds. The van der Waals surface area contributed by atoms with Crippen molar-refractivity contribution in [1.29, 1.82) is 0 Å². The second-order valence-electron chi connectivity index (χ2n) is 4.26. The summed E-state index contributed by atoms with van der Waals surface area (Å²) >= 11 is 0. The molecule has 0 spiro atoms. The van der Waals surface area contributed by atoms with E-state index in [0.717, 1.165) is 19.3 Å². The number of nitrogens with zero attached hydrogens (tertiary/aromatic N) is 1. The van der Waals surface area contributed by atoms with Crippen LogP contribution in [0.15, 0.2) is 10.7 Å². The lowest BCUT2D eigenvalue weighted by Crippen LogP contribution is -2.32. The van der Waals surface area contributed by atoms with E-state index in [1.807, 2.05) is 0 Å². The second-order valence-corrected chi connectivity index (χ2v) is 4.26. The Labute approximate surface area is 93.8 Å². The number of hydrogen-bond acceptors (Lipinski definition) is 4. The highest BCUT2D eigenvalue weighted by Gasteiger charge is 2.25. The van der Waals surface area contributed by atoms with Crippen LogP contribution >= 0.6 is 0 Å². The normalized spacial score (nSPS) is 24.6. The molecule has 88 valence electrons. The average Bonchev–Trinajstić information content (AvgIpc) is 2.84. The van der Waals surface area contributed by atoms with E-state index in [2.05, 4.69) is 10.5 Å². The summed E-state index contributed by atoms with van der Waals surface area (Å²) in [6.07, 6.45) is 3.99. The number of carbonyl (C=O) groups is 1. The second kappa shape index (κ2) is 4.65. The Kier molecular flexibility index (Phi) is 3.24. The van der Waals surface area contributed by atoms with Crippen molar-refractivity contribution in [2.75, 3.05) is 6.54 Å². The summed E-state index contributed by atoms with van der Waals surface area (Å²) < 4.78 is 4.82. The van der Waals surface area contributed by atoms with E-state index in [-0.39, 0.29) is 17.9 Å². The van der Waals surface area contributed by atoms with Crippen molar-refractivity contribution in [3.8, 4) is 0 Å². The van der Waals surface area contributed by atoms with Crippen molar-refractivity contribution < 1.29 is 14.4 Å².